The standard InChI is InChI=1S/C19H20N2O2S/c1-21(11-5-9-15-7-3-2-4-8-15)18(22)13-16-14-24-19(20-16)17-10-6-12-23-17/h2-4,6-8,10,12,14H,5,9,11,13H2,1H3. The van der Waals surface area contributed by atoms with E-state index < -0.39 is 0 Å². The number of carbonyl (C=O) groups excluding carboxylic acids is 1. The van der Waals surface area contributed by atoms with Crippen molar-refractivity contribution in [3.8, 4) is 10.8 Å². The Kier molecular flexibility index (Phi) is 5.43. The fourth-order valence-corrected chi connectivity index (χ4v) is 3.27. The molecule has 2 aromatic heterocycles. The van der Waals surface area contributed by atoms with Crippen molar-refractivity contribution in [2.24, 2.45) is 0 Å². The molecule has 4 nitrogen and oxygen atoms in total. The molecule has 2 heterocycles. The Labute approximate surface area is 145 Å². The summed E-state index contributed by atoms with van der Waals surface area (Å²) in [7, 11) is 1.85. The molecule has 0 atom stereocenters. The molecule has 0 aliphatic heterocycles. The van der Waals surface area contributed by atoms with E-state index in [-0.39, 0.29) is 5.91 Å². The second kappa shape index (κ2) is 7.93. The number of thiazole rings is 1. The number of hydrogen-bond donors (Lipinski definition) is 0. The molecule has 3 rings (SSSR count). The topological polar surface area (TPSA) is 46.3 Å². The van der Waals surface area contributed by atoms with Gasteiger partial charge in [-0.1, -0.05) is 30.3 Å². The molecule has 0 spiro atoms. The van der Waals surface area contributed by atoms with Crippen LogP contribution < -0.4 is 0 Å². The number of nitrogens with zero attached hydrogens (tertiary/aromatic N) is 2. The maximum atomic E-state index is 12.3. The molecule has 0 N–H and O–H groups in total. The van der Waals surface area contributed by atoms with Gasteiger partial charge in [-0.15, -0.1) is 11.3 Å². The molecule has 1 aromatic carbocycles. The Bertz CT molecular complexity index is 766. The van der Waals surface area contributed by atoms with Crippen LogP contribution in [0.4, 0.5) is 0 Å². The van der Waals surface area contributed by atoms with Gasteiger partial charge in [-0.3, -0.25) is 4.79 Å². The number of benzene rings is 1. The van der Waals surface area contributed by atoms with Gasteiger partial charge in [-0.05, 0) is 30.5 Å². The Hall–Kier alpha value is -2.40. The van der Waals surface area contributed by atoms with E-state index in [1.807, 2.05) is 42.8 Å². The van der Waals surface area contributed by atoms with Crippen molar-refractivity contribution >= 4 is 17.2 Å². The number of rotatable bonds is 7. The van der Waals surface area contributed by atoms with Crippen molar-refractivity contribution in [3.05, 3.63) is 65.4 Å². The summed E-state index contributed by atoms with van der Waals surface area (Å²) in [5.74, 6) is 0.842. The van der Waals surface area contributed by atoms with Crippen LogP contribution in [0.3, 0.4) is 0 Å². The van der Waals surface area contributed by atoms with Gasteiger partial charge in [0, 0.05) is 19.0 Å². The Morgan fingerprint density at radius 2 is 2.04 bits per heavy atom. The highest BCUT2D eigenvalue weighted by Crippen LogP contribution is 2.24. The number of furan rings is 1. The number of likely N-dealkylation sites (N-methyl/N-ethyl adjacent to an activating group) is 1. The van der Waals surface area contributed by atoms with Gasteiger partial charge in [-0.25, -0.2) is 4.98 Å². The lowest BCUT2D eigenvalue weighted by Crippen LogP contribution is -2.29. The summed E-state index contributed by atoms with van der Waals surface area (Å²) in [6.07, 6.45) is 3.90. The van der Waals surface area contributed by atoms with Crippen LogP contribution in [0, 0.1) is 0 Å². The highest BCUT2D eigenvalue weighted by atomic mass is 32.1. The van der Waals surface area contributed by atoms with Crippen LogP contribution in [-0.2, 0) is 17.6 Å². The molecular weight excluding hydrogens is 320 g/mol. The van der Waals surface area contributed by atoms with Crippen molar-refractivity contribution in [2.45, 2.75) is 19.3 Å². The van der Waals surface area contributed by atoms with Crippen LogP contribution in [0.5, 0.6) is 0 Å². The SMILES string of the molecule is CN(CCCc1ccccc1)C(=O)Cc1csc(-c2ccco2)n1. The zero-order valence-electron chi connectivity index (χ0n) is 13.6. The van der Waals surface area contributed by atoms with Crippen molar-refractivity contribution in [1.29, 1.82) is 0 Å². The van der Waals surface area contributed by atoms with Crippen molar-refractivity contribution in [2.75, 3.05) is 13.6 Å². The van der Waals surface area contributed by atoms with Gasteiger partial charge in [0.15, 0.2) is 10.8 Å². The van der Waals surface area contributed by atoms with Gasteiger partial charge in [0.25, 0.3) is 0 Å². The quantitative estimate of drug-likeness (QED) is 0.652. The van der Waals surface area contributed by atoms with Crippen molar-refractivity contribution in [1.82, 2.24) is 9.88 Å². The second-order valence-corrected chi connectivity index (χ2v) is 6.56. The Balaban J connectivity index is 1.47. The predicted octanol–water partition coefficient (Wildman–Crippen LogP) is 4.04. The number of hydrogen-bond acceptors (Lipinski definition) is 4. The molecule has 0 saturated heterocycles. The minimum atomic E-state index is 0.0966. The van der Waals surface area contributed by atoms with Crippen LogP contribution in [0.2, 0.25) is 0 Å². The van der Waals surface area contributed by atoms with E-state index in [2.05, 4.69) is 17.1 Å². The molecule has 0 bridgehead atoms. The third-order valence-corrected chi connectivity index (χ3v) is 4.75. The number of amides is 1. The van der Waals surface area contributed by atoms with E-state index in [0.717, 1.165) is 35.8 Å². The fourth-order valence-electron chi connectivity index (χ4n) is 2.48. The average Bonchev–Trinajstić information content (AvgIpc) is 3.27. The monoisotopic (exact) mass is 340 g/mol. The number of aryl methyl sites for hydroxylation is 1. The maximum Gasteiger partial charge on any atom is 0.228 e. The molecule has 5 heteroatoms. The molecule has 0 radical (unpaired) electrons. The first-order chi connectivity index (χ1) is 11.7. The van der Waals surface area contributed by atoms with Crippen LogP contribution in [0.25, 0.3) is 10.8 Å². The molecule has 124 valence electrons. The molecule has 3 aromatic rings. The minimum absolute atomic E-state index is 0.0966. The lowest BCUT2D eigenvalue weighted by molar-refractivity contribution is -0.129. The van der Waals surface area contributed by atoms with E-state index in [0.29, 0.717) is 6.42 Å². The van der Waals surface area contributed by atoms with Gasteiger partial charge < -0.3 is 9.32 Å². The lowest BCUT2D eigenvalue weighted by atomic mass is 10.1. The van der Waals surface area contributed by atoms with Gasteiger partial charge in [0.05, 0.1) is 18.4 Å². The molecule has 0 saturated carbocycles. The fraction of sp³-hybridized carbons (Fsp3) is 0.263. The molecule has 0 unspecified atom stereocenters. The van der Waals surface area contributed by atoms with Crippen molar-refractivity contribution < 1.29 is 9.21 Å². The second-order valence-electron chi connectivity index (χ2n) is 5.70. The molecule has 1 amide bonds. The van der Waals surface area contributed by atoms with Gasteiger partial charge in [0.1, 0.15) is 0 Å². The summed E-state index contributed by atoms with van der Waals surface area (Å²) in [6, 6.07) is 14.1. The van der Waals surface area contributed by atoms with Crippen LogP contribution >= 0.6 is 11.3 Å². The summed E-state index contributed by atoms with van der Waals surface area (Å²) in [4.78, 5) is 18.6. The van der Waals surface area contributed by atoms with Crippen molar-refractivity contribution in [3.63, 3.8) is 0 Å². The van der Waals surface area contributed by atoms with Crippen LogP contribution in [0.1, 0.15) is 17.7 Å². The van der Waals surface area contributed by atoms with Crippen LogP contribution in [0.15, 0.2) is 58.5 Å². The Morgan fingerprint density at radius 1 is 1.21 bits per heavy atom. The molecule has 24 heavy (non-hydrogen) atoms. The van der Waals surface area contributed by atoms with Gasteiger partial charge in [-0.2, -0.15) is 0 Å². The smallest absolute Gasteiger partial charge is 0.228 e. The van der Waals surface area contributed by atoms with E-state index in [9.17, 15) is 4.79 Å². The molecule has 0 fully saturated rings. The molecular formula is C19H20N2O2S. The summed E-state index contributed by atoms with van der Waals surface area (Å²) in [5, 5.41) is 2.74. The van der Waals surface area contributed by atoms with Gasteiger partial charge >= 0.3 is 0 Å². The normalized spacial score (nSPS) is 10.7. The van der Waals surface area contributed by atoms with E-state index in [4.69, 9.17) is 4.42 Å². The van der Waals surface area contributed by atoms with Gasteiger partial charge in [0.2, 0.25) is 5.91 Å². The average molecular weight is 340 g/mol. The summed E-state index contributed by atoms with van der Waals surface area (Å²) in [6.45, 7) is 0.753. The van der Waals surface area contributed by atoms with Crippen LogP contribution in [-0.4, -0.2) is 29.4 Å². The maximum absolute atomic E-state index is 12.3. The first-order valence-corrected chi connectivity index (χ1v) is 8.86. The Morgan fingerprint density at radius 3 is 2.79 bits per heavy atom. The summed E-state index contributed by atoms with van der Waals surface area (Å²) >= 11 is 1.50. The third-order valence-electron chi connectivity index (χ3n) is 3.84. The molecule has 0 aliphatic rings. The zero-order valence-corrected chi connectivity index (χ0v) is 14.5. The largest absolute Gasteiger partial charge is 0.462 e. The first-order valence-electron chi connectivity index (χ1n) is 7.98. The minimum Gasteiger partial charge on any atom is -0.462 e. The first kappa shape index (κ1) is 16.5. The zero-order chi connectivity index (χ0) is 16.8. The lowest BCUT2D eigenvalue weighted by Gasteiger charge is -2.16. The third kappa shape index (κ3) is 4.32. The highest BCUT2D eigenvalue weighted by molar-refractivity contribution is 7.13. The number of aromatic nitrogens is 1. The summed E-state index contributed by atoms with van der Waals surface area (Å²) < 4.78 is 5.33. The highest BCUT2D eigenvalue weighted by Gasteiger charge is 2.13. The number of carbonyl (C=O) groups is 1. The van der Waals surface area contributed by atoms with E-state index in [1.165, 1.54) is 16.9 Å². The molecule has 0 aliphatic carbocycles. The van der Waals surface area contributed by atoms with E-state index >= 15 is 0 Å². The predicted molar refractivity (Wildman–Crippen MR) is 95.9 cm³/mol. The van der Waals surface area contributed by atoms with E-state index in [1.54, 1.807) is 11.2 Å². The summed E-state index contributed by atoms with van der Waals surface area (Å²) in [5.41, 5.74) is 2.10.